The average Bonchev–Trinajstić information content (AvgIpc) is 2.72. The molecule has 0 amide bonds. The van der Waals surface area contributed by atoms with Gasteiger partial charge in [0.2, 0.25) is 0 Å². The van der Waals surface area contributed by atoms with Gasteiger partial charge in [-0.2, -0.15) is 0 Å². The molecule has 2 aromatic rings. The Kier molecular flexibility index (Phi) is 11.2. The Morgan fingerprint density at radius 2 is 1.30 bits per heavy atom. The summed E-state index contributed by atoms with van der Waals surface area (Å²) in [5.41, 5.74) is 2.90. The molecule has 2 heterocycles. The standard InChI is InChI=1S/C23H36N2PSe/c1-3-4-5-6-20-27-21-19-26(2,17-11-22-7-13-24-14-8-22)18-12-23-9-15-25-16-10-23/h7-10,13-16H,3-6,11-12,17-21H2,1-2H3/q+1. The van der Waals surface area contributed by atoms with Crippen LogP contribution in [0.3, 0.4) is 0 Å². The molecular weight excluding hydrogens is 414 g/mol. The van der Waals surface area contributed by atoms with Crippen molar-refractivity contribution in [1.29, 1.82) is 0 Å². The second kappa shape index (κ2) is 13.4. The van der Waals surface area contributed by atoms with Crippen molar-refractivity contribution in [2.45, 2.75) is 56.1 Å². The number of aromatic nitrogens is 2. The van der Waals surface area contributed by atoms with Crippen LogP contribution in [0.2, 0.25) is 10.6 Å². The van der Waals surface area contributed by atoms with Crippen LogP contribution >= 0.6 is 7.26 Å². The van der Waals surface area contributed by atoms with Crippen molar-refractivity contribution in [2.75, 3.05) is 25.2 Å². The number of hydrogen-bond donors (Lipinski definition) is 0. The van der Waals surface area contributed by atoms with Gasteiger partial charge in [-0.05, 0) is 0 Å². The van der Waals surface area contributed by atoms with Crippen LogP contribution < -0.4 is 0 Å². The van der Waals surface area contributed by atoms with E-state index >= 15 is 0 Å². The Hall–Kier alpha value is -0.751. The molecule has 0 aliphatic carbocycles. The molecule has 0 saturated heterocycles. The Morgan fingerprint density at radius 1 is 0.741 bits per heavy atom. The van der Waals surface area contributed by atoms with E-state index < -0.39 is 7.26 Å². The first-order valence-electron chi connectivity index (χ1n) is 10.4. The fraction of sp³-hybridized carbons (Fsp3) is 0.565. The van der Waals surface area contributed by atoms with Gasteiger partial charge in [0.1, 0.15) is 0 Å². The maximum atomic E-state index is 4.16. The van der Waals surface area contributed by atoms with Crippen LogP contribution in [-0.4, -0.2) is 50.1 Å². The molecule has 0 N–H and O–H groups in total. The zero-order valence-corrected chi connectivity index (χ0v) is 19.8. The summed E-state index contributed by atoms with van der Waals surface area (Å²) in [6.07, 6.45) is 20.1. The van der Waals surface area contributed by atoms with Crippen LogP contribution in [0, 0.1) is 0 Å². The third-order valence-corrected chi connectivity index (χ3v) is 12.1. The molecule has 4 heteroatoms. The van der Waals surface area contributed by atoms with E-state index in [9.17, 15) is 0 Å². The van der Waals surface area contributed by atoms with Crippen LogP contribution in [0.25, 0.3) is 0 Å². The van der Waals surface area contributed by atoms with Gasteiger partial charge < -0.3 is 0 Å². The normalized spacial score (nSPS) is 11.6. The zero-order chi connectivity index (χ0) is 19.2. The van der Waals surface area contributed by atoms with Crippen LogP contribution in [0.4, 0.5) is 0 Å². The van der Waals surface area contributed by atoms with Gasteiger partial charge in [0.25, 0.3) is 0 Å². The van der Waals surface area contributed by atoms with E-state index in [0.717, 1.165) is 15.0 Å². The van der Waals surface area contributed by atoms with E-state index in [-0.39, 0.29) is 0 Å². The second-order valence-corrected chi connectivity index (χ2v) is 14.8. The molecule has 0 aliphatic rings. The van der Waals surface area contributed by atoms with Gasteiger partial charge in [0, 0.05) is 0 Å². The molecule has 2 rings (SSSR count). The van der Waals surface area contributed by atoms with E-state index in [1.807, 2.05) is 24.8 Å². The van der Waals surface area contributed by atoms with Crippen LogP contribution in [0.15, 0.2) is 49.1 Å². The van der Waals surface area contributed by atoms with Gasteiger partial charge >= 0.3 is 174 Å². The summed E-state index contributed by atoms with van der Waals surface area (Å²) < 4.78 is 0. The first-order valence-corrected chi connectivity index (χ1v) is 15.6. The molecule has 0 spiro atoms. The van der Waals surface area contributed by atoms with Crippen molar-refractivity contribution in [3.8, 4) is 0 Å². The molecule has 27 heavy (non-hydrogen) atoms. The molecule has 2 aromatic heterocycles. The van der Waals surface area contributed by atoms with Gasteiger partial charge in [-0.25, -0.2) is 0 Å². The number of hydrogen-bond acceptors (Lipinski definition) is 2. The van der Waals surface area contributed by atoms with E-state index in [2.05, 4.69) is 47.8 Å². The van der Waals surface area contributed by atoms with Gasteiger partial charge in [0.15, 0.2) is 0 Å². The quantitative estimate of drug-likeness (QED) is 0.200. The summed E-state index contributed by atoms with van der Waals surface area (Å²) in [5, 5.41) is 2.97. The summed E-state index contributed by atoms with van der Waals surface area (Å²) in [6, 6.07) is 8.74. The van der Waals surface area contributed by atoms with Gasteiger partial charge in [-0.15, -0.1) is 0 Å². The number of unbranched alkanes of at least 4 members (excludes halogenated alkanes) is 3. The van der Waals surface area contributed by atoms with Crippen molar-refractivity contribution >= 4 is 22.2 Å². The number of pyridine rings is 2. The maximum absolute atomic E-state index is 4.16. The molecule has 0 bridgehead atoms. The predicted octanol–water partition coefficient (Wildman–Crippen LogP) is 6.03. The summed E-state index contributed by atoms with van der Waals surface area (Å²) >= 11 is 0.850. The fourth-order valence-electron chi connectivity index (χ4n) is 3.25. The first-order chi connectivity index (χ1) is 13.2. The summed E-state index contributed by atoms with van der Waals surface area (Å²) in [6.45, 7) is 4.93. The van der Waals surface area contributed by atoms with Crippen molar-refractivity contribution in [2.24, 2.45) is 0 Å². The Bertz CT molecular complexity index is 563. The number of rotatable bonds is 14. The molecule has 148 valence electrons. The molecule has 2 nitrogen and oxygen atoms in total. The zero-order valence-electron chi connectivity index (χ0n) is 17.1. The van der Waals surface area contributed by atoms with E-state index in [1.165, 1.54) is 78.8 Å². The second-order valence-electron chi connectivity index (χ2n) is 7.67. The summed E-state index contributed by atoms with van der Waals surface area (Å²) in [4.78, 5) is 8.33. The van der Waals surface area contributed by atoms with Crippen molar-refractivity contribution in [3.05, 3.63) is 60.2 Å². The van der Waals surface area contributed by atoms with Gasteiger partial charge in [-0.3, -0.25) is 0 Å². The van der Waals surface area contributed by atoms with Crippen molar-refractivity contribution in [3.63, 3.8) is 0 Å². The number of aryl methyl sites for hydroxylation is 2. The Morgan fingerprint density at radius 3 is 1.81 bits per heavy atom. The van der Waals surface area contributed by atoms with Crippen molar-refractivity contribution < 1.29 is 0 Å². The van der Waals surface area contributed by atoms with E-state index in [0.29, 0.717) is 0 Å². The van der Waals surface area contributed by atoms with Crippen LogP contribution in [0.5, 0.6) is 0 Å². The molecule has 0 radical (unpaired) electrons. The molecule has 0 aliphatic heterocycles. The van der Waals surface area contributed by atoms with Crippen LogP contribution in [-0.2, 0) is 12.8 Å². The Labute approximate surface area is 173 Å². The monoisotopic (exact) mass is 451 g/mol. The fourth-order valence-corrected chi connectivity index (χ4v) is 11.0. The topological polar surface area (TPSA) is 25.8 Å². The molecule has 0 saturated carbocycles. The van der Waals surface area contributed by atoms with Crippen LogP contribution in [0.1, 0.15) is 43.7 Å². The average molecular weight is 450 g/mol. The minimum atomic E-state index is -0.887. The summed E-state index contributed by atoms with van der Waals surface area (Å²) in [5.74, 6) is 0. The van der Waals surface area contributed by atoms with Crippen molar-refractivity contribution in [1.82, 2.24) is 9.97 Å². The number of nitrogens with zero attached hydrogens (tertiary/aromatic N) is 2. The third-order valence-electron chi connectivity index (χ3n) is 5.30. The third kappa shape index (κ3) is 9.84. The molecular formula is C23H36N2PSe+. The molecule has 0 atom stereocenters. The Balaban J connectivity index is 1.82. The van der Waals surface area contributed by atoms with Gasteiger partial charge in [-0.1, -0.05) is 0 Å². The molecule has 0 aromatic carbocycles. The van der Waals surface area contributed by atoms with E-state index in [4.69, 9.17) is 0 Å². The molecule has 0 fully saturated rings. The van der Waals surface area contributed by atoms with E-state index in [1.54, 1.807) is 0 Å². The minimum absolute atomic E-state index is 0.850. The first kappa shape index (κ1) is 22.5. The van der Waals surface area contributed by atoms with Gasteiger partial charge in [0.05, 0.1) is 0 Å². The SMILES string of the molecule is CCCCCC[Se]CC[P+](C)(CCc1ccncc1)CCc1ccncc1. The molecule has 0 unspecified atom stereocenters. The summed E-state index contributed by atoms with van der Waals surface area (Å²) in [7, 11) is -0.887. The predicted molar refractivity (Wildman–Crippen MR) is 123 cm³/mol.